The van der Waals surface area contributed by atoms with E-state index in [-0.39, 0.29) is 24.1 Å². The molecule has 1 aliphatic rings. The molecule has 8 nitrogen and oxygen atoms in total. The first-order valence-electron chi connectivity index (χ1n) is 11.1. The number of carbonyl (C=O) groups excluding carboxylic acids is 2. The molecule has 1 unspecified atom stereocenters. The molecule has 0 saturated heterocycles. The van der Waals surface area contributed by atoms with Crippen molar-refractivity contribution in [1.82, 2.24) is 25.0 Å². The summed E-state index contributed by atoms with van der Waals surface area (Å²) < 4.78 is 7.24. The zero-order valence-corrected chi connectivity index (χ0v) is 18.4. The average molecular weight is 444 g/mol. The van der Waals surface area contributed by atoms with Crippen molar-refractivity contribution >= 4 is 22.7 Å². The van der Waals surface area contributed by atoms with E-state index in [1.54, 1.807) is 23.2 Å². The third-order valence-electron chi connectivity index (χ3n) is 6.11. The van der Waals surface area contributed by atoms with Crippen LogP contribution in [0.2, 0.25) is 0 Å². The minimum Gasteiger partial charge on any atom is -0.459 e. The fraction of sp³-hybridized carbons (Fsp3) is 0.280. The third-order valence-corrected chi connectivity index (χ3v) is 6.11. The number of aromatic nitrogens is 3. The number of nitrogens with zero attached hydrogens (tertiary/aromatic N) is 4. The SMILES string of the molecule is Cc1cccc2c1cnn2CCCNC(=O)C1CN(C(=O)c2ccco2)Cc2cccnc21. The molecule has 3 aromatic heterocycles. The molecule has 168 valence electrons. The van der Waals surface area contributed by atoms with E-state index < -0.39 is 5.92 Å². The molecule has 0 saturated carbocycles. The topological polar surface area (TPSA) is 93.3 Å². The van der Waals surface area contributed by atoms with E-state index in [0.717, 1.165) is 28.6 Å². The lowest BCUT2D eigenvalue weighted by molar-refractivity contribution is -0.123. The summed E-state index contributed by atoms with van der Waals surface area (Å²) >= 11 is 0. The summed E-state index contributed by atoms with van der Waals surface area (Å²) in [5, 5.41) is 8.66. The van der Waals surface area contributed by atoms with Gasteiger partial charge < -0.3 is 14.6 Å². The van der Waals surface area contributed by atoms with Crippen LogP contribution in [0.1, 0.15) is 39.7 Å². The molecule has 33 heavy (non-hydrogen) atoms. The van der Waals surface area contributed by atoms with Crippen LogP contribution < -0.4 is 5.32 Å². The molecule has 8 heteroatoms. The zero-order valence-electron chi connectivity index (χ0n) is 18.4. The van der Waals surface area contributed by atoms with Crippen LogP contribution in [-0.4, -0.2) is 44.6 Å². The van der Waals surface area contributed by atoms with Gasteiger partial charge in [-0.05, 0) is 48.7 Å². The van der Waals surface area contributed by atoms with Gasteiger partial charge in [-0.1, -0.05) is 18.2 Å². The molecule has 2 amide bonds. The second kappa shape index (κ2) is 8.90. The molecular weight excluding hydrogens is 418 g/mol. The monoisotopic (exact) mass is 443 g/mol. The Morgan fingerprint density at radius 3 is 2.94 bits per heavy atom. The maximum atomic E-state index is 13.1. The molecule has 1 atom stereocenters. The Hall–Kier alpha value is -3.94. The van der Waals surface area contributed by atoms with Crippen LogP contribution in [-0.2, 0) is 17.9 Å². The summed E-state index contributed by atoms with van der Waals surface area (Å²) in [4.78, 5) is 32.0. The van der Waals surface area contributed by atoms with Crippen LogP contribution >= 0.6 is 0 Å². The van der Waals surface area contributed by atoms with Crippen LogP contribution in [0, 0.1) is 6.92 Å². The Kier molecular flexibility index (Phi) is 5.64. The molecule has 1 aliphatic heterocycles. The average Bonchev–Trinajstić information content (AvgIpc) is 3.52. The smallest absolute Gasteiger partial charge is 0.289 e. The minimum atomic E-state index is -0.526. The van der Waals surface area contributed by atoms with Crippen molar-refractivity contribution < 1.29 is 14.0 Å². The Morgan fingerprint density at radius 2 is 2.09 bits per heavy atom. The third kappa shape index (κ3) is 4.11. The van der Waals surface area contributed by atoms with Crippen LogP contribution in [0.4, 0.5) is 0 Å². The Morgan fingerprint density at radius 1 is 1.18 bits per heavy atom. The van der Waals surface area contributed by atoms with Gasteiger partial charge in [-0.2, -0.15) is 5.10 Å². The van der Waals surface area contributed by atoms with Crippen LogP contribution in [0.5, 0.6) is 0 Å². The fourth-order valence-electron chi connectivity index (χ4n) is 4.38. The number of aryl methyl sites for hydroxylation is 2. The summed E-state index contributed by atoms with van der Waals surface area (Å²) in [5.74, 6) is -0.619. The Bertz CT molecular complexity index is 1290. The highest BCUT2D eigenvalue weighted by Crippen LogP contribution is 2.28. The standard InChI is InChI=1S/C25H25N5O3/c1-17-6-2-8-21-19(17)14-28-30(21)12-5-11-27-24(31)20-16-29(25(32)22-9-4-13-33-22)15-18-7-3-10-26-23(18)20/h2-4,6-10,13-14,20H,5,11-12,15-16H2,1H3,(H,27,31). The van der Waals surface area contributed by atoms with Gasteiger partial charge in [0.05, 0.1) is 29.6 Å². The molecular formula is C25H25N5O3. The maximum absolute atomic E-state index is 13.1. The fourth-order valence-corrected chi connectivity index (χ4v) is 4.38. The Balaban J connectivity index is 1.24. The van der Waals surface area contributed by atoms with Gasteiger partial charge in [-0.15, -0.1) is 0 Å². The Labute approximate surface area is 191 Å². The van der Waals surface area contributed by atoms with E-state index in [1.807, 2.05) is 29.1 Å². The normalized spacial score (nSPS) is 15.4. The molecule has 1 N–H and O–H groups in total. The number of benzene rings is 1. The second-order valence-corrected chi connectivity index (χ2v) is 8.28. The highest BCUT2D eigenvalue weighted by molar-refractivity contribution is 5.93. The molecule has 0 aliphatic carbocycles. The summed E-state index contributed by atoms with van der Waals surface area (Å²) in [6.07, 6.45) is 5.79. The lowest BCUT2D eigenvalue weighted by Crippen LogP contribution is -2.44. The molecule has 1 aromatic carbocycles. The number of carbonyl (C=O) groups is 2. The van der Waals surface area contributed by atoms with Gasteiger partial charge in [0.1, 0.15) is 0 Å². The van der Waals surface area contributed by atoms with E-state index in [2.05, 4.69) is 34.5 Å². The first-order valence-corrected chi connectivity index (χ1v) is 11.1. The van der Waals surface area contributed by atoms with Gasteiger partial charge in [-0.25, -0.2) is 0 Å². The lowest BCUT2D eigenvalue weighted by Gasteiger charge is -2.32. The van der Waals surface area contributed by atoms with Crippen molar-refractivity contribution in [3.05, 3.63) is 83.7 Å². The predicted molar refractivity (Wildman–Crippen MR) is 123 cm³/mol. The van der Waals surface area contributed by atoms with Crippen molar-refractivity contribution in [3.63, 3.8) is 0 Å². The predicted octanol–water partition coefficient (Wildman–Crippen LogP) is 3.28. The van der Waals surface area contributed by atoms with E-state index in [1.165, 1.54) is 11.8 Å². The van der Waals surface area contributed by atoms with Gasteiger partial charge in [-0.3, -0.25) is 19.3 Å². The maximum Gasteiger partial charge on any atom is 0.289 e. The molecule has 5 rings (SSSR count). The van der Waals surface area contributed by atoms with Crippen molar-refractivity contribution in [2.75, 3.05) is 13.1 Å². The van der Waals surface area contributed by atoms with Crippen molar-refractivity contribution in [2.45, 2.75) is 32.4 Å². The highest BCUT2D eigenvalue weighted by Gasteiger charge is 2.34. The first-order chi connectivity index (χ1) is 16.1. The molecule has 0 fully saturated rings. The van der Waals surface area contributed by atoms with Crippen LogP contribution in [0.25, 0.3) is 10.9 Å². The molecule has 0 bridgehead atoms. The van der Waals surface area contributed by atoms with E-state index >= 15 is 0 Å². The van der Waals surface area contributed by atoms with E-state index in [4.69, 9.17) is 4.42 Å². The number of hydrogen-bond donors (Lipinski definition) is 1. The number of rotatable bonds is 6. The number of amides is 2. The van der Waals surface area contributed by atoms with E-state index in [9.17, 15) is 9.59 Å². The second-order valence-electron chi connectivity index (χ2n) is 8.28. The first kappa shape index (κ1) is 20.9. The molecule has 4 heterocycles. The quantitative estimate of drug-likeness (QED) is 0.462. The van der Waals surface area contributed by atoms with Crippen molar-refractivity contribution in [1.29, 1.82) is 0 Å². The van der Waals surface area contributed by atoms with Crippen molar-refractivity contribution in [2.24, 2.45) is 0 Å². The van der Waals surface area contributed by atoms with E-state index in [0.29, 0.717) is 19.6 Å². The van der Waals surface area contributed by atoms with Crippen LogP contribution in [0.3, 0.4) is 0 Å². The highest BCUT2D eigenvalue weighted by atomic mass is 16.3. The largest absolute Gasteiger partial charge is 0.459 e. The number of nitrogens with one attached hydrogen (secondary N) is 1. The summed E-state index contributed by atoms with van der Waals surface area (Å²) in [5.41, 5.74) is 3.90. The molecule has 4 aromatic rings. The zero-order chi connectivity index (χ0) is 22.8. The minimum absolute atomic E-state index is 0.131. The summed E-state index contributed by atoms with van der Waals surface area (Å²) in [7, 11) is 0. The van der Waals surface area contributed by atoms with Crippen molar-refractivity contribution in [3.8, 4) is 0 Å². The number of fused-ring (bicyclic) bond motifs is 2. The lowest BCUT2D eigenvalue weighted by atomic mass is 9.93. The van der Waals surface area contributed by atoms with Gasteiger partial charge in [0.15, 0.2) is 5.76 Å². The molecule has 0 spiro atoms. The van der Waals surface area contributed by atoms with Crippen LogP contribution in [0.15, 0.2) is 65.5 Å². The van der Waals surface area contributed by atoms with Gasteiger partial charge >= 0.3 is 0 Å². The van der Waals surface area contributed by atoms with Gasteiger partial charge in [0.2, 0.25) is 5.91 Å². The number of hydrogen-bond acceptors (Lipinski definition) is 5. The number of pyridine rings is 1. The number of furan rings is 1. The molecule has 0 radical (unpaired) electrons. The van der Waals surface area contributed by atoms with Gasteiger partial charge in [0, 0.05) is 37.8 Å². The summed E-state index contributed by atoms with van der Waals surface area (Å²) in [6, 6.07) is 13.2. The summed E-state index contributed by atoms with van der Waals surface area (Å²) in [6.45, 7) is 3.95. The van der Waals surface area contributed by atoms with Gasteiger partial charge in [0.25, 0.3) is 5.91 Å².